The molecule has 10 heteroatoms. The van der Waals surface area contributed by atoms with Gasteiger partial charge < -0.3 is 25.2 Å². The van der Waals surface area contributed by atoms with E-state index in [1.54, 1.807) is 30.9 Å². The second-order valence-electron chi connectivity index (χ2n) is 8.99. The summed E-state index contributed by atoms with van der Waals surface area (Å²) in [6.45, 7) is 2.16. The third-order valence-electron chi connectivity index (χ3n) is 6.73. The van der Waals surface area contributed by atoms with Crippen LogP contribution in [0.4, 0.5) is 17.3 Å². The number of para-hydroxylation sites is 1. The number of nitrogen functional groups attached to an aromatic ring is 1. The molecule has 0 saturated carbocycles. The van der Waals surface area contributed by atoms with Crippen LogP contribution in [0.5, 0.6) is 5.75 Å². The van der Waals surface area contributed by atoms with E-state index in [-0.39, 0.29) is 17.8 Å². The fourth-order valence-electron chi connectivity index (χ4n) is 5.08. The quantitative estimate of drug-likeness (QED) is 0.425. The molecule has 3 aromatic heterocycles. The molecule has 2 fully saturated rings. The van der Waals surface area contributed by atoms with Gasteiger partial charge in [0.2, 0.25) is 5.82 Å². The number of imidazole rings is 1. The van der Waals surface area contributed by atoms with E-state index < -0.39 is 0 Å². The second-order valence-corrected chi connectivity index (χ2v) is 8.99. The van der Waals surface area contributed by atoms with Crippen LogP contribution in [0.1, 0.15) is 18.7 Å². The average Bonchev–Trinajstić information content (AvgIpc) is 3.50. The zero-order chi connectivity index (χ0) is 24.5. The number of benzene rings is 1. The van der Waals surface area contributed by atoms with Crippen LogP contribution in [0.25, 0.3) is 11.3 Å². The van der Waals surface area contributed by atoms with Gasteiger partial charge in [0, 0.05) is 49.3 Å². The number of hydrogen-bond donors (Lipinski definition) is 2. The zero-order valence-electron chi connectivity index (χ0n) is 19.6. The molecular formula is C26H25N9O. The van der Waals surface area contributed by atoms with Crippen LogP contribution in [-0.4, -0.2) is 60.0 Å². The molecule has 0 aliphatic carbocycles. The molecule has 36 heavy (non-hydrogen) atoms. The van der Waals surface area contributed by atoms with Crippen LogP contribution in [-0.2, 0) is 6.54 Å². The maximum absolute atomic E-state index is 10.3. The molecule has 5 heterocycles. The minimum absolute atomic E-state index is 0.169. The molecule has 6 rings (SSSR count). The number of fused-ring (bicyclic) bond motifs is 2. The van der Waals surface area contributed by atoms with Crippen molar-refractivity contribution >= 4 is 17.3 Å². The number of aromatic hydroxyl groups is 1. The number of nitrogens with two attached hydrogens (primary N) is 1. The Bertz CT molecular complexity index is 1430. The van der Waals surface area contributed by atoms with E-state index in [1.165, 1.54) is 0 Å². The lowest BCUT2D eigenvalue weighted by atomic mass is 10.1. The number of phenolic OH excluding ortho intramolecular Hbond substituents is 1. The number of piperazine rings is 1. The van der Waals surface area contributed by atoms with Crippen LogP contribution in [0.15, 0.2) is 61.3 Å². The summed E-state index contributed by atoms with van der Waals surface area (Å²) in [6, 6.07) is 11.5. The van der Waals surface area contributed by atoms with E-state index in [4.69, 9.17) is 10.7 Å². The highest BCUT2D eigenvalue weighted by Gasteiger charge is 2.41. The van der Waals surface area contributed by atoms with Crippen LogP contribution < -0.4 is 15.5 Å². The molecule has 2 aliphatic rings. The molecule has 4 aromatic rings. The van der Waals surface area contributed by atoms with Crippen molar-refractivity contribution in [3.63, 3.8) is 0 Å². The predicted molar refractivity (Wildman–Crippen MR) is 136 cm³/mol. The molecule has 10 nitrogen and oxygen atoms in total. The number of nitrogens with zero attached hydrogens (tertiary/aromatic N) is 8. The monoisotopic (exact) mass is 479 g/mol. The summed E-state index contributed by atoms with van der Waals surface area (Å²) in [4.78, 5) is 17.7. The van der Waals surface area contributed by atoms with E-state index in [0.29, 0.717) is 29.4 Å². The SMILES string of the molecule is Nc1nnc(-c2ccccc2O)cc1N1C2CCC1CN(c1ccnc(C#CCn3ccnc3)n1)C2. The summed E-state index contributed by atoms with van der Waals surface area (Å²) >= 11 is 0. The van der Waals surface area contributed by atoms with E-state index in [2.05, 4.69) is 41.8 Å². The molecule has 2 unspecified atom stereocenters. The first kappa shape index (κ1) is 21.9. The third-order valence-corrected chi connectivity index (χ3v) is 6.73. The summed E-state index contributed by atoms with van der Waals surface area (Å²) in [7, 11) is 0. The van der Waals surface area contributed by atoms with Crippen molar-refractivity contribution in [2.75, 3.05) is 28.6 Å². The molecule has 2 bridgehead atoms. The minimum Gasteiger partial charge on any atom is -0.507 e. The van der Waals surface area contributed by atoms with Crippen LogP contribution in [0, 0.1) is 11.8 Å². The van der Waals surface area contributed by atoms with E-state index >= 15 is 0 Å². The van der Waals surface area contributed by atoms with Crippen molar-refractivity contribution in [1.29, 1.82) is 0 Å². The number of aromatic nitrogens is 6. The van der Waals surface area contributed by atoms with Gasteiger partial charge in [-0.15, -0.1) is 10.2 Å². The van der Waals surface area contributed by atoms with Crippen LogP contribution in [0.2, 0.25) is 0 Å². The van der Waals surface area contributed by atoms with Crippen molar-refractivity contribution in [3.05, 3.63) is 67.1 Å². The van der Waals surface area contributed by atoms with Gasteiger partial charge in [-0.05, 0) is 43.0 Å². The van der Waals surface area contributed by atoms with Crippen molar-refractivity contribution < 1.29 is 5.11 Å². The zero-order valence-corrected chi connectivity index (χ0v) is 19.6. The maximum Gasteiger partial charge on any atom is 0.206 e. The summed E-state index contributed by atoms with van der Waals surface area (Å²) in [5, 5.41) is 18.8. The second kappa shape index (κ2) is 9.19. The number of rotatable bonds is 4. The van der Waals surface area contributed by atoms with E-state index in [9.17, 15) is 5.11 Å². The van der Waals surface area contributed by atoms with Crippen molar-refractivity contribution in [2.45, 2.75) is 31.5 Å². The number of anilines is 3. The van der Waals surface area contributed by atoms with Crippen LogP contribution in [0.3, 0.4) is 0 Å². The predicted octanol–water partition coefficient (Wildman–Crippen LogP) is 2.33. The van der Waals surface area contributed by atoms with Gasteiger partial charge in [-0.2, -0.15) is 0 Å². The normalized spacial score (nSPS) is 18.7. The van der Waals surface area contributed by atoms with Gasteiger partial charge >= 0.3 is 0 Å². The van der Waals surface area contributed by atoms with Gasteiger partial charge in [-0.3, -0.25) is 0 Å². The Hall–Kier alpha value is -4.65. The minimum atomic E-state index is 0.169. The molecule has 0 amide bonds. The lowest BCUT2D eigenvalue weighted by Crippen LogP contribution is -2.54. The van der Waals surface area contributed by atoms with Gasteiger partial charge in [0.05, 0.1) is 24.3 Å². The summed E-state index contributed by atoms with van der Waals surface area (Å²) in [5.41, 5.74) is 8.41. The van der Waals surface area contributed by atoms with Crippen molar-refractivity contribution in [1.82, 2.24) is 29.7 Å². The largest absolute Gasteiger partial charge is 0.507 e. The molecule has 2 aliphatic heterocycles. The Labute approximate surface area is 208 Å². The molecule has 180 valence electrons. The Morgan fingerprint density at radius 1 is 1.06 bits per heavy atom. The molecule has 0 radical (unpaired) electrons. The Balaban J connectivity index is 1.22. The van der Waals surface area contributed by atoms with E-state index in [1.807, 2.05) is 35.0 Å². The fraction of sp³-hybridized carbons (Fsp3) is 0.269. The number of phenols is 1. The summed E-state index contributed by atoms with van der Waals surface area (Å²) in [6.07, 6.45) is 9.21. The fourth-order valence-corrected chi connectivity index (χ4v) is 5.08. The lowest BCUT2D eigenvalue weighted by molar-refractivity contribution is 0.477. The van der Waals surface area contributed by atoms with Crippen molar-refractivity contribution in [3.8, 4) is 28.8 Å². The summed E-state index contributed by atoms with van der Waals surface area (Å²) in [5.74, 6) is 8.12. The van der Waals surface area contributed by atoms with Crippen LogP contribution >= 0.6 is 0 Å². The highest BCUT2D eigenvalue weighted by Crippen LogP contribution is 2.40. The molecule has 1 aromatic carbocycles. The first-order chi connectivity index (χ1) is 17.7. The molecule has 2 saturated heterocycles. The molecular weight excluding hydrogens is 454 g/mol. The van der Waals surface area contributed by atoms with Gasteiger partial charge in [0.25, 0.3) is 0 Å². The first-order valence-corrected chi connectivity index (χ1v) is 11.9. The third kappa shape index (κ3) is 4.15. The van der Waals surface area contributed by atoms with E-state index in [0.717, 1.165) is 37.4 Å². The Morgan fingerprint density at radius 2 is 1.89 bits per heavy atom. The Kier molecular flexibility index (Phi) is 5.58. The van der Waals surface area contributed by atoms with Gasteiger partial charge in [-0.1, -0.05) is 18.1 Å². The Morgan fingerprint density at radius 3 is 2.67 bits per heavy atom. The number of hydrogen-bond acceptors (Lipinski definition) is 9. The van der Waals surface area contributed by atoms with Gasteiger partial charge in [-0.25, -0.2) is 15.0 Å². The maximum atomic E-state index is 10.3. The lowest BCUT2D eigenvalue weighted by Gasteiger charge is -2.43. The van der Waals surface area contributed by atoms with Gasteiger partial charge in [0.1, 0.15) is 11.6 Å². The van der Waals surface area contributed by atoms with Crippen molar-refractivity contribution in [2.24, 2.45) is 0 Å². The standard InChI is InChI=1S/C26H25N9O/c27-26-22(14-21(31-32-26)20-4-1-2-5-23(20)36)35-18-7-8-19(35)16-34(15-18)25-9-10-29-24(30-25)6-3-12-33-13-11-28-17-33/h1-2,4-5,9-11,13-14,17-19,36H,7-8,12,15-16H2,(H2,27,32). The molecule has 0 spiro atoms. The first-order valence-electron chi connectivity index (χ1n) is 11.9. The smallest absolute Gasteiger partial charge is 0.206 e. The molecule has 3 N–H and O–H groups in total. The summed E-state index contributed by atoms with van der Waals surface area (Å²) < 4.78 is 1.90. The highest BCUT2D eigenvalue weighted by molar-refractivity contribution is 5.75. The average molecular weight is 480 g/mol. The van der Waals surface area contributed by atoms with Gasteiger partial charge in [0.15, 0.2) is 5.82 Å². The molecule has 2 atom stereocenters. The topological polar surface area (TPSA) is 122 Å². The highest BCUT2D eigenvalue weighted by atomic mass is 16.3.